The maximum Gasteiger partial charge on any atom is 0.245 e. The molecule has 0 saturated carbocycles. The molecule has 1 heterocycles. The normalized spacial score (nSPS) is 22.8. The molecule has 20 heavy (non-hydrogen) atoms. The van der Waals surface area contributed by atoms with Gasteiger partial charge in [-0.1, -0.05) is 44.2 Å². The van der Waals surface area contributed by atoms with Crippen molar-refractivity contribution in [1.29, 1.82) is 0 Å². The van der Waals surface area contributed by atoms with Gasteiger partial charge in [0.15, 0.2) is 0 Å². The summed E-state index contributed by atoms with van der Waals surface area (Å²) in [5, 5.41) is 3.50. The van der Waals surface area contributed by atoms with Crippen molar-refractivity contribution in [2.45, 2.75) is 32.5 Å². The summed E-state index contributed by atoms with van der Waals surface area (Å²) in [6.45, 7) is 5.18. The Morgan fingerprint density at radius 1 is 1.30 bits per heavy atom. The number of nitrogens with one attached hydrogen (secondary N) is 1. The van der Waals surface area contributed by atoms with Crippen molar-refractivity contribution < 1.29 is 4.79 Å². The topological polar surface area (TPSA) is 32.3 Å². The van der Waals surface area contributed by atoms with Gasteiger partial charge in [-0.3, -0.25) is 10.1 Å². The molecule has 1 fully saturated rings. The lowest BCUT2D eigenvalue weighted by molar-refractivity contribution is -0.130. The van der Waals surface area contributed by atoms with Gasteiger partial charge in [0.05, 0.1) is 6.17 Å². The second-order valence-corrected chi connectivity index (χ2v) is 6.56. The first-order valence-corrected chi connectivity index (χ1v) is 8.65. The van der Waals surface area contributed by atoms with Gasteiger partial charge in [0.2, 0.25) is 5.91 Å². The molecular weight excluding hydrogens is 268 g/mol. The number of hydrogen-bond donors (Lipinski definition) is 1. The van der Waals surface area contributed by atoms with Gasteiger partial charge in [-0.2, -0.15) is 11.8 Å². The number of rotatable bonds is 6. The van der Waals surface area contributed by atoms with E-state index in [0.717, 1.165) is 24.3 Å². The molecule has 1 aromatic rings. The molecule has 1 saturated heterocycles. The molecule has 2 atom stereocenters. The monoisotopic (exact) mass is 292 g/mol. The fourth-order valence-electron chi connectivity index (χ4n) is 2.70. The predicted molar refractivity (Wildman–Crippen MR) is 85.7 cm³/mol. The van der Waals surface area contributed by atoms with Crippen molar-refractivity contribution in [1.82, 2.24) is 10.2 Å². The second-order valence-electron chi connectivity index (χ2n) is 5.58. The van der Waals surface area contributed by atoms with Gasteiger partial charge < -0.3 is 4.90 Å². The van der Waals surface area contributed by atoms with Gasteiger partial charge in [-0.05, 0) is 29.9 Å². The number of nitrogens with zero attached hydrogens (tertiary/aromatic N) is 1. The lowest BCUT2D eigenvalue weighted by Gasteiger charge is -2.27. The SMILES string of the molecule is CSCCCN1C(=O)C(c2ccccc2)NC1C(C)C. The molecule has 1 aliphatic heterocycles. The van der Waals surface area contributed by atoms with E-state index in [1.54, 1.807) is 0 Å². The molecule has 1 aromatic carbocycles. The molecule has 4 heteroatoms. The molecule has 0 spiro atoms. The van der Waals surface area contributed by atoms with Crippen LogP contribution in [0.1, 0.15) is 31.9 Å². The Kier molecular flexibility index (Phi) is 5.49. The van der Waals surface area contributed by atoms with Crippen molar-refractivity contribution in [3.8, 4) is 0 Å². The summed E-state index contributed by atoms with van der Waals surface area (Å²) in [4.78, 5) is 14.7. The molecule has 0 aromatic heterocycles. The molecular formula is C16H24N2OS. The molecule has 0 bridgehead atoms. The summed E-state index contributed by atoms with van der Waals surface area (Å²) < 4.78 is 0. The summed E-state index contributed by atoms with van der Waals surface area (Å²) in [7, 11) is 0. The van der Waals surface area contributed by atoms with E-state index in [1.807, 2.05) is 47.0 Å². The van der Waals surface area contributed by atoms with Crippen molar-refractivity contribution in [2.24, 2.45) is 5.92 Å². The average molecular weight is 292 g/mol. The first-order chi connectivity index (χ1) is 9.65. The Morgan fingerprint density at radius 3 is 2.60 bits per heavy atom. The van der Waals surface area contributed by atoms with Gasteiger partial charge in [0.1, 0.15) is 6.04 Å². The third-order valence-electron chi connectivity index (χ3n) is 3.72. The maximum atomic E-state index is 12.7. The average Bonchev–Trinajstić information content (AvgIpc) is 2.78. The second kappa shape index (κ2) is 7.14. The van der Waals surface area contributed by atoms with Crippen molar-refractivity contribution in [3.05, 3.63) is 35.9 Å². The molecule has 0 aliphatic carbocycles. The number of amides is 1. The van der Waals surface area contributed by atoms with Crippen molar-refractivity contribution in [2.75, 3.05) is 18.6 Å². The van der Waals surface area contributed by atoms with Crippen LogP contribution in [0.4, 0.5) is 0 Å². The van der Waals surface area contributed by atoms with E-state index in [1.165, 1.54) is 0 Å². The molecule has 1 amide bonds. The van der Waals surface area contributed by atoms with Crippen LogP contribution in [-0.2, 0) is 4.79 Å². The smallest absolute Gasteiger partial charge is 0.245 e. The largest absolute Gasteiger partial charge is 0.325 e. The predicted octanol–water partition coefficient (Wildman–Crippen LogP) is 2.89. The van der Waals surface area contributed by atoms with Crippen LogP contribution in [0.2, 0.25) is 0 Å². The van der Waals surface area contributed by atoms with E-state index in [9.17, 15) is 4.79 Å². The minimum atomic E-state index is -0.183. The molecule has 2 unspecified atom stereocenters. The standard InChI is InChI=1S/C16H24N2OS/c1-12(2)15-17-14(13-8-5-4-6-9-13)16(19)18(15)10-7-11-20-3/h4-6,8-9,12,14-15,17H,7,10-11H2,1-3H3. The first-order valence-electron chi connectivity index (χ1n) is 7.25. The Morgan fingerprint density at radius 2 is 2.00 bits per heavy atom. The van der Waals surface area contributed by atoms with Crippen LogP contribution >= 0.6 is 11.8 Å². The quantitative estimate of drug-likeness (QED) is 0.818. The van der Waals surface area contributed by atoms with E-state index in [4.69, 9.17) is 0 Å². The van der Waals surface area contributed by atoms with Gasteiger partial charge in [0.25, 0.3) is 0 Å². The third kappa shape index (κ3) is 3.36. The fourth-order valence-corrected chi connectivity index (χ4v) is 3.12. The summed E-state index contributed by atoms with van der Waals surface area (Å²) >= 11 is 1.83. The summed E-state index contributed by atoms with van der Waals surface area (Å²) in [5.41, 5.74) is 1.07. The number of thioether (sulfide) groups is 1. The van der Waals surface area contributed by atoms with Crippen LogP contribution in [0.15, 0.2) is 30.3 Å². The van der Waals surface area contributed by atoms with Crippen LogP contribution < -0.4 is 5.32 Å². The Hall–Kier alpha value is -1.00. The molecule has 3 nitrogen and oxygen atoms in total. The fraction of sp³-hybridized carbons (Fsp3) is 0.562. The molecule has 1 aliphatic rings. The van der Waals surface area contributed by atoms with Gasteiger partial charge in [0, 0.05) is 6.54 Å². The van der Waals surface area contributed by atoms with Gasteiger partial charge >= 0.3 is 0 Å². The zero-order chi connectivity index (χ0) is 14.5. The highest BCUT2D eigenvalue weighted by molar-refractivity contribution is 7.98. The highest BCUT2D eigenvalue weighted by Gasteiger charge is 2.40. The van der Waals surface area contributed by atoms with E-state index >= 15 is 0 Å². The zero-order valence-electron chi connectivity index (χ0n) is 12.5. The molecule has 2 rings (SSSR count). The number of carbonyl (C=O) groups is 1. The van der Waals surface area contributed by atoms with E-state index in [2.05, 4.69) is 25.4 Å². The van der Waals surface area contributed by atoms with E-state index in [0.29, 0.717) is 5.92 Å². The summed E-state index contributed by atoms with van der Waals surface area (Å²) in [5.74, 6) is 1.74. The van der Waals surface area contributed by atoms with Crippen molar-refractivity contribution >= 4 is 17.7 Å². The first kappa shape index (κ1) is 15.4. The number of carbonyl (C=O) groups excluding carboxylic acids is 1. The number of hydrogen-bond acceptors (Lipinski definition) is 3. The lowest BCUT2D eigenvalue weighted by Crippen LogP contribution is -2.41. The van der Waals surface area contributed by atoms with Crippen LogP contribution in [0, 0.1) is 5.92 Å². The Bertz CT molecular complexity index is 435. The third-order valence-corrected chi connectivity index (χ3v) is 4.41. The molecule has 0 radical (unpaired) electrons. The van der Waals surface area contributed by atoms with Crippen LogP contribution in [0.25, 0.3) is 0 Å². The molecule has 110 valence electrons. The summed E-state index contributed by atoms with van der Waals surface area (Å²) in [6, 6.07) is 9.84. The van der Waals surface area contributed by atoms with E-state index in [-0.39, 0.29) is 18.1 Å². The van der Waals surface area contributed by atoms with Crippen molar-refractivity contribution in [3.63, 3.8) is 0 Å². The minimum Gasteiger partial charge on any atom is -0.325 e. The maximum absolute atomic E-state index is 12.7. The van der Waals surface area contributed by atoms with E-state index < -0.39 is 0 Å². The Balaban J connectivity index is 2.12. The minimum absolute atomic E-state index is 0.148. The zero-order valence-corrected chi connectivity index (χ0v) is 13.3. The van der Waals surface area contributed by atoms with Gasteiger partial charge in [-0.15, -0.1) is 0 Å². The summed E-state index contributed by atoms with van der Waals surface area (Å²) in [6.07, 6.45) is 3.31. The number of benzene rings is 1. The van der Waals surface area contributed by atoms with Gasteiger partial charge in [-0.25, -0.2) is 0 Å². The highest BCUT2D eigenvalue weighted by Crippen LogP contribution is 2.27. The molecule has 1 N–H and O–H groups in total. The Labute approximate surface area is 126 Å². The lowest BCUT2D eigenvalue weighted by atomic mass is 10.1. The van der Waals surface area contributed by atoms with Crippen LogP contribution in [0.5, 0.6) is 0 Å². The van der Waals surface area contributed by atoms with Crippen LogP contribution in [-0.4, -0.2) is 35.5 Å². The highest BCUT2D eigenvalue weighted by atomic mass is 32.2. The van der Waals surface area contributed by atoms with Crippen LogP contribution in [0.3, 0.4) is 0 Å².